The number of carbonyl (C=O) groups excluding carboxylic acids is 7. The smallest absolute Gasteiger partial charge is 0.337 e. The molecule has 0 radical (unpaired) electrons. The Balaban J connectivity index is 3.35. The van der Waals surface area contributed by atoms with Gasteiger partial charge in [0.1, 0.15) is 36.8 Å². The van der Waals surface area contributed by atoms with E-state index in [4.69, 9.17) is 5.73 Å². The lowest BCUT2D eigenvalue weighted by Gasteiger charge is -2.29. The number of hydrogen-bond acceptors (Lipinski definition) is 10. The number of primary amides is 1. The summed E-state index contributed by atoms with van der Waals surface area (Å²) in [6, 6.07) is -6.45. The van der Waals surface area contributed by atoms with E-state index in [0.717, 1.165) is 32.1 Å². The predicted molar refractivity (Wildman–Crippen MR) is 206 cm³/mol. The molecule has 20 heteroatoms. The first-order valence-corrected chi connectivity index (χ1v) is 18.9. The van der Waals surface area contributed by atoms with Crippen LogP contribution in [0.15, 0.2) is 4.99 Å². The van der Waals surface area contributed by atoms with Gasteiger partial charge < -0.3 is 50.3 Å². The van der Waals surface area contributed by atoms with Crippen LogP contribution in [0, 0.1) is 11.8 Å². The van der Waals surface area contributed by atoms with Gasteiger partial charge in [0.2, 0.25) is 35.4 Å². The van der Waals surface area contributed by atoms with Crippen LogP contribution < -0.4 is 32.3 Å². The van der Waals surface area contributed by atoms with E-state index in [1.54, 1.807) is 51.8 Å². The molecule has 0 aromatic carbocycles. The Labute approximate surface area is 330 Å². The van der Waals surface area contributed by atoms with Crippen LogP contribution in [0.4, 0.5) is 0 Å². The van der Waals surface area contributed by atoms with Crippen molar-refractivity contribution in [3.8, 4) is 0 Å². The van der Waals surface area contributed by atoms with Gasteiger partial charge in [-0.15, -0.1) is 0 Å². The average Bonchev–Trinajstić information content (AvgIpc) is 3.08. The first-order valence-electron chi connectivity index (χ1n) is 18.0. The minimum Gasteiger partial charge on any atom is -0.481 e. The molecular formula is C34H58IN9O10. The molecule has 1 aliphatic carbocycles. The summed E-state index contributed by atoms with van der Waals surface area (Å²) in [7, 11) is 6.99. The van der Waals surface area contributed by atoms with Gasteiger partial charge in [-0.2, -0.15) is 0 Å². The lowest BCUT2D eigenvalue weighted by atomic mass is 9.84. The van der Waals surface area contributed by atoms with E-state index in [9.17, 15) is 43.5 Å². The van der Waals surface area contributed by atoms with Crippen LogP contribution in [0.3, 0.4) is 0 Å². The number of halogens is 1. The van der Waals surface area contributed by atoms with Gasteiger partial charge in [-0.3, -0.25) is 33.6 Å². The van der Waals surface area contributed by atoms with Crippen molar-refractivity contribution < 1.29 is 46.5 Å². The standard InChI is InChI=1S/C34H58IN9O10/c1-19(2)15-23(30(50)38-20(3)33(53)54-35)40-32(52)25(17-28(47)48)42-31(51)24(16-21-11-9-8-10-12-21)41-29(49)22(13-14-26(36)45)39-27(46)18-37-34(43(4)5)44(6)7/h19-25H,8-18H2,1-7H3,(H2,36,45)(H,38,50)(H,39,46)(H,40,52)(H,41,49)(H,42,51)(H,47,48)/t20-,22-,23-,24-,25-/m0/s1. The summed E-state index contributed by atoms with van der Waals surface area (Å²) in [5.74, 6) is -6.46. The fourth-order valence-electron chi connectivity index (χ4n) is 5.95. The molecule has 6 amide bonds. The van der Waals surface area contributed by atoms with Crippen molar-refractivity contribution in [2.45, 2.75) is 115 Å². The number of carboxylic acid groups (broad SMARTS) is 1. The predicted octanol–water partition coefficient (Wildman–Crippen LogP) is -0.441. The number of carbonyl (C=O) groups is 8. The summed E-state index contributed by atoms with van der Waals surface area (Å²) >= 11 is 1.38. The second kappa shape index (κ2) is 24.2. The Kier molecular flexibility index (Phi) is 21.4. The lowest BCUT2D eigenvalue weighted by molar-refractivity contribution is -0.142. The van der Waals surface area contributed by atoms with Crippen LogP contribution in [-0.4, -0.2) is 133 Å². The van der Waals surface area contributed by atoms with E-state index in [2.05, 4.69) is 34.6 Å². The third-order valence-electron chi connectivity index (χ3n) is 8.56. The molecule has 1 saturated carbocycles. The minimum absolute atomic E-state index is 0.0142. The highest BCUT2D eigenvalue weighted by Gasteiger charge is 2.34. The third-order valence-corrected chi connectivity index (χ3v) is 9.00. The Morgan fingerprint density at radius 3 is 1.81 bits per heavy atom. The molecule has 0 aromatic heterocycles. The van der Waals surface area contributed by atoms with Gasteiger partial charge in [0.15, 0.2) is 29.0 Å². The number of nitrogens with two attached hydrogens (primary N) is 1. The number of guanidine groups is 1. The maximum absolute atomic E-state index is 13.9. The van der Waals surface area contributed by atoms with Crippen LogP contribution >= 0.6 is 23.0 Å². The molecule has 19 nitrogen and oxygen atoms in total. The van der Waals surface area contributed by atoms with Crippen LogP contribution in [0.5, 0.6) is 0 Å². The number of rotatable bonds is 21. The molecule has 1 fully saturated rings. The summed E-state index contributed by atoms with van der Waals surface area (Å²) in [6.45, 7) is 4.63. The van der Waals surface area contributed by atoms with Crippen LogP contribution in [-0.2, 0) is 41.4 Å². The van der Waals surface area contributed by atoms with E-state index in [1.807, 2.05) is 0 Å². The average molecular weight is 880 g/mol. The second-order valence-corrected chi connectivity index (χ2v) is 14.7. The quantitative estimate of drug-likeness (QED) is 0.0440. The van der Waals surface area contributed by atoms with Crippen LogP contribution in [0.25, 0.3) is 0 Å². The monoisotopic (exact) mass is 879 g/mol. The molecule has 0 heterocycles. The maximum Gasteiger partial charge on any atom is 0.337 e. The number of carboxylic acids is 1. The largest absolute Gasteiger partial charge is 0.481 e. The van der Waals surface area contributed by atoms with Crippen LogP contribution in [0.1, 0.15) is 85.0 Å². The zero-order chi connectivity index (χ0) is 41.1. The Bertz CT molecular complexity index is 1340. The molecule has 306 valence electrons. The number of nitrogens with zero attached hydrogens (tertiary/aromatic N) is 3. The minimum atomic E-state index is -1.66. The summed E-state index contributed by atoms with van der Waals surface area (Å²) in [4.78, 5) is 110. The second-order valence-electron chi connectivity index (χ2n) is 14.3. The highest BCUT2D eigenvalue weighted by molar-refractivity contribution is 14.1. The van der Waals surface area contributed by atoms with E-state index < -0.39 is 84.0 Å². The fourth-order valence-corrected chi connectivity index (χ4v) is 6.33. The molecule has 54 heavy (non-hydrogen) atoms. The first-order chi connectivity index (χ1) is 25.2. The van der Waals surface area contributed by atoms with Gasteiger partial charge in [0.25, 0.3) is 0 Å². The molecular weight excluding hydrogens is 821 g/mol. The van der Waals surface area contributed by atoms with Gasteiger partial charge in [-0.05, 0) is 38.0 Å². The molecule has 0 bridgehead atoms. The van der Waals surface area contributed by atoms with Crippen molar-refractivity contribution in [2.24, 2.45) is 22.6 Å². The summed E-state index contributed by atoms with van der Waals surface area (Å²) in [5, 5.41) is 22.3. The molecule has 0 aliphatic heterocycles. The van der Waals surface area contributed by atoms with Gasteiger partial charge in [-0.1, -0.05) is 46.0 Å². The Morgan fingerprint density at radius 1 is 0.778 bits per heavy atom. The Hall–Kier alpha value is -4.24. The summed E-state index contributed by atoms with van der Waals surface area (Å²) in [5.41, 5.74) is 5.34. The highest BCUT2D eigenvalue weighted by atomic mass is 127. The van der Waals surface area contributed by atoms with E-state index in [1.165, 1.54) is 29.9 Å². The van der Waals surface area contributed by atoms with Crippen molar-refractivity contribution in [3.63, 3.8) is 0 Å². The van der Waals surface area contributed by atoms with Gasteiger partial charge >= 0.3 is 11.9 Å². The van der Waals surface area contributed by atoms with Crippen molar-refractivity contribution in [3.05, 3.63) is 0 Å². The summed E-state index contributed by atoms with van der Waals surface area (Å²) < 4.78 is 4.61. The molecule has 0 saturated heterocycles. The van der Waals surface area contributed by atoms with E-state index in [-0.39, 0.29) is 44.1 Å². The first kappa shape index (κ1) is 47.8. The number of aliphatic carboxylic acids is 1. The number of nitrogens with one attached hydrogen (secondary N) is 5. The third kappa shape index (κ3) is 18.2. The molecule has 0 aromatic rings. The SMILES string of the molecule is CC(C)C[C@H](NC(=O)[C@H](CC(=O)O)NC(=O)[C@H](CC1CCCCC1)NC(=O)[C@H](CCC(N)=O)NC(=O)CN=C(N(C)C)N(C)C)C(=O)N[C@@H](C)C(=O)OI. The van der Waals surface area contributed by atoms with Crippen molar-refractivity contribution in [1.29, 1.82) is 0 Å². The van der Waals surface area contributed by atoms with Gasteiger partial charge in [0.05, 0.1) is 6.42 Å². The zero-order valence-corrected chi connectivity index (χ0v) is 34.4. The van der Waals surface area contributed by atoms with Crippen molar-refractivity contribution in [1.82, 2.24) is 36.4 Å². The lowest BCUT2D eigenvalue weighted by Crippen LogP contribution is -2.59. The topological polar surface area (TPSA) is 271 Å². The molecule has 8 N–H and O–H groups in total. The maximum atomic E-state index is 13.9. The summed E-state index contributed by atoms with van der Waals surface area (Å²) in [6.07, 6.45) is 3.35. The van der Waals surface area contributed by atoms with E-state index >= 15 is 0 Å². The Morgan fingerprint density at radius 2 is 1.30 bits per heavy atom. The zero-order valence-electron chi connectivity index (χ0n) is 32.2. The highest BCUT2D eigenvalue weighted by Crippen LogP contribution is 2.27. The van der Waals surface area contributed by atoms with Gasteiger partial charge in [0, 0.05) is 34.6 Å². The molecule has 1 aliphatic rings. The number of hydrogen-bond donors (Lipinski definition) is 7. The number of aliphatic imine (C=N–C) groups is 1. The normalized spacial score (nSPS) is 15.6. The van der Waals surface area contributed by atoms with Crippen LogP contribution in [0.2, 0.25) is 0 Å². The van der Waals surface area contributed by atoms with E-state index in [0.29, 0.717) is 5.96 Å². The fraction of sp³-hybridized carbons (Fsp3) is 0.735. The van der Waals surface area contributed by atoms with Crippen molar-refractivity contribution in [2.75, 3.05) is 34.7 Å². The molecule has 0 unspecified atom stereocenters. The number of amides is 6. The molecule has 5 atom stereocenters. The molecule has 0 spiro atoms. The molecule has 1 rings (SSSR count). The van der Waals surface area contributed by atoms with Gasteiger partial charge in [-0.25, -0.2) is 9.79 Å². The van der Waals surface area contributed by atoms with Crippen molar-refractivity contribution >= 4 is 76.3 Å².